The highest BCUT2D eigenvalue weighted by atomic mass is 16.6. The SMILES string of the molecule is CCOC(=O)[C@H]1[C@@H]([C@@H]2COC(C)(C)N2C(=O)OC(C)(C)C)N1Cc1ccccc1. The highest BCUT2D eigenvalue weighted by Crippen LogP contribution is 2.42. The van der Waals surface area contributed by atoms with Gasteiger partial charge in [-0.3, -0.25) is 14.6 Å². The van der Waals surface area contributed by atoms with Crippen LogP contribution >= 0.6 is 0 Å². The smallest absolute Gasteiger partial charge is 0.412 e. The number of benzene rings is 1. The second-order valence-electron chi connectivity index (χ2n) is 9.02. The number of carbonyl (C=O) groups excluding carboxylic acids is 2. The standard InChI is InChI=1S/C22H32N2O5/c1-7-27-19(25)18-17(23(18)13-15-11-9-8-10-12-15)16-14-28-22(5,6)24(16)20(26)29-21(2,3)4/h8-12,16-18H,7,13-14H2,1-6H3/t16-,17+,18+,23?/m0/s1. The first-order valence-electron chi connectivity index (χ1n) is 10.2. The molecule has 2 aliphatic heterocycles. The Morgan fingerprint density at radius 2 is 1.86 bits per heavy atom. The molecule has 3 rings (SSSR count). The van der Waals surface area contributed by atoms with Crippen LogP contribution in [-0.4, -0.2) is 64.5 Å². The maximum Gasteiger partial charge on any atom is 0.412 e. The number of hydrogen-bond acceptors (Lipinski definition) is 6. The molecule has 0 bridgehead atoms. The van der Waals surface area contributed by atoms with Gasteiger partial charge in [0.2, 0.25) is 0 Å². The Balaban J connectivity index is 1.84. The average Bonchev–Trinajstić information content (AvgIpc) is 3.21. The van der Waals surface area contributed by atoms with Gasteiger partial charge in [-0.05, 0) is 47.1 Å². The van der Waals surface area contributed by atoms with E-state index in [1.807, 2.05) is 65.0 Å². The van der Waals surface area contributed by atoms with Crippen molar-refractivity contribution in [1.29, 1.82) is 0 Å². The third-order valence-electron chi connectivity index (χ3n) is 5.21. The van der Waals surface area contributed by atoms with E-state index in [0.29, 0.717) is 19.8 Å². The van der Waals surface area contributed by atoms with E-state index >= 15 is 0 Å². The molecule has 4 atom stereocenters. The van der Waals surface area contributed by atoms with Crippen LogP contribution < -0.4 is 0 Å². The largest absolute Gasteiger partial charge is 0.465 e. The van der Waals surface area contributed by atoms with Crippen LogP contribution in [0.5, 0.6) is 0 Å². The van der Waals surface area contributed by atoms with Gasteiger partial charge in [0, 0.05) is 6.54 Å². The molecule has 0 N–H and O–H groups in total. The number of rotatable bonds is 5. The number of amides is 1. The van der Waals surface area contributed by atoms with E-state index in [1.54, 1.807) is 11.8 Å². The summed E-state index contributed by atoms with van der Waals surface area (Å²) in [5.74, 6) is -0.262. The van der Waals surface area contributed by atoms with Gasteiger partial charge in [-0.1, -0.05) is 30.3 Å². The van der Waals surface area contributed by atoms with Crippen molar-refractivity contribution < 1.29 is 23.8 Å². The molecule has 160 valence electrons. The first kappa shape index (κ1) is 21.6. The van der Waals surface area contributed by atoms with E-state index < -0.39 is 23.5 Å². The molecule has 2 heterocycles. The van der Waals surface area contributed by atoms with Crippen LogP contribution in [0.15, 0.2) is 30.3 Å². The van der Waals surface area contributed by atoms with Crippen LogP contribution in [0.4, 0.5) is 4.79 Å². The lowest BCUT2D eigenvalue weighted by Gasteiger charge is -2.35. The average molecular weight is 405 g/mol. The fraction of sp³-hybridized carbons (Fsp3) is 0.636. The lowest BCUT2D eigenvalue weighted by Crippen LogP contribution is -2.52. The van der Waals surface area contributed by atoms with E-state index in [-0.39, 0.29) is 18.1 Å². The second kappa shape index (κ2) is 7.95. The Morgan fingerprint density at radius 3 is 2.45 bits per heavy atom. The predicted molar refractivity (Wildman–Crippen MR) is 108 cm³/mol. The molecule has 29 heavy (non-hydrogen) atoms. The fourth-order valence-electron chi connectivity index (χ4n) is 3.98. The van der Waals surface area contributed by atoms with Gasteiger partial charge in [-0.25, -0.2) is 4.79 Å². The van der Waals surface area contributed by atoms with Crippen molar-refractivity contribution >= 4 is 12.1 Å². The molecule has 1 aromatic carbocycles. The van der Waals surface area contributed by atoms with Gasteiger partial charge >= 0.3 is 12.1 Å². The van der Waals surface area contributed by atoms with Gasteiger partial charge in [-0.2, -0.15) is 0 Å². The molecule has 0 aromatic heterocycles. The number of carbonyl (C=O) groups is 2. The minimum atomic E-state index is -0.812. The Labute approximate surface area is 172 Å². The van der Waals surface area contributed by atoms with Crippen LogP contribution in [0.1, 0.15) is 47.1 Å². The van der Waals surface area contributed by atoms with Gasteiger partial charge in [0.1, 0.15) is 17.4 Å². The summed E-state index contributed by atoms with van der Waals surface area (Å²) in [5.41, 5.74) is -0.326. The number of esters is 1. The molecule has 7 heteroatoms. The minimum absolute atomic E-state index is 0.177. The molecule has 7 nitrogen and oxygen atoms in total. The van der Waals surface area contributed by atoms with E-state index in [0.717, 1.165) is 5.56 Å². The molecule has 0 spiro atoms. The molecule has 2 saturated heterocycles. The molecule has 2 fully saturated rings. The number of ether oxygens (including phenoxy) is 3. The highest BCUT2D eigenvalue weighted by Gasteiger charge is 2.63. The van der Waals surface area contributed by atoms with Gasteiger partial charge in [0.15, 0.2) is 0 Å². The summed E-state index contributed by atoms with van der Waals surface area (Å²) < 4.78 is 16.9. The summed E-state index contributed by atoms with van der Waals surface area (Å²) in [6.07, 6.45) is -0.431. The Bertz CT molecular complexity index is 743. The number of hydrogen-bond donors (Lipinski definition) is 0. The molecule has 2 aliphatic rings. The lowest BCUT2D eigenvalue weighted by atomic mass is 10.1. The first-order chi connectivity index (χ1) is 13.5. The van der Waals surface area contributed by atoms with Crippen molar-refractivity contribution in [2.45, 2.75) is 77.5 Å². The summed E-state index contributed by atoms with van der Waals surface area (Å²) in [4.78, 5) is 29.3. The number of nitrogens with zero attached hydrogens (tertiary/aromatic N) is 2. The van der Waals surface area contributed by atoms with Gasteiger partial charge in [0.25, 0.3) is 0 Å². The Morgan fingerprint density at radius 1 is 1.21 bits per heavy atom. The van der Waals surface area contributed by atoms with Crippen LogP contribution in [0.3, 0.4) is 0 Å². The first-order valence-corrected chi connectivity index (χ1v) is 10.2. The molecule has 1 aromatic rings. The van der Waals surface area contributed by atoms with Crippen LogP contribution in [0.25, 0.3) is 0 Å². The summed E-state index contributed by atoms with van der Waals surface area (Å²) in [7, 11) is 0. The molecule has 1 amide bonds. The van der Waals surface area contributed by atoms with Crippen LogP contribution in [0.2, 0.25) is 0 Å². The van der Waals surface area contributed by atoms with E-state index in [9.17, 15) is 9.59 Å². The van der Waals surface area contributed by atoms with Crippen molar-refractivity contribution in [2.24, 2.45) is 0 Å². The highest BCUT2D eigenvalue weighted by molar-refractivity contribution is 5.81. The molecule has 0 aliphatic carbocycles. The molecular weight excluding hydrogens is 372 g/mol. The minimum Gasteiger partial charge on any atom is -0.465 e. The van der Waals surface area contributed by atoms with Crippen molar-refractivity contribution in [3.8, 4) is 0 Å². The summed E-state index contributed by atoms with van der Waals surface area (Å²) in [6, 6.07) is 9.09. The van der Waals surface area contributed by atoms with Gasteiger partial charge in [-0.15, -0.1) is 0 Å². The van der Waals surface area contributed by atoms with Crippen LogP contribution in [0, 0.1) is 0 Å². The van der Waals surface area contributed by atoms with Gasteiger partial charge < -0.3 is 14.2 Å². The van der Waals surface area contributed by atoms with E-state index in [2.05, 4.69) is 4.90 Å². The third kappa shape index (κ3) is 4.73. The van der Waals surface area contributed by atoms with Gasteiger partial charge in [0.05, 0.1) is 25.3 Å². The summed E-state index contributed by atoms with van der Waals surface area (Å²) >= 11 is 0. The lowest BCUT2D eigenvalue weighted by molar-refractivity contribution is -0.143. The van der Waals surface area contributed by atoms with Crippen molar-refractivity contribution in [3.05, 3.63) is 35.9 Å². The summed E-state index contributed by atoms with van der Waals surface area (Å²) in [6.45, 7) is 12.3. The molecular formula is C22H32N2O5. The third-order valence-corrected chi connectivity index (χ3v) is 5.21. The van der Waals surface area contributed by atoms with Crippen molar-refractivity contribution in [3.63, 3.8) is 0 Å². The zero-order valence-electron chi connectivity index (χ0n) is 18.2. The quantitative estimate of drug-likeness (QED) is 0.555. The molecule has 0 saturated carbocycles. The Kier molecular flexibility index (Phi) is 5.92. The monoisotopic (exact) mass is 404 g/mol. The van der Waals surface area contributed by atoms with E-state index in [1.165, 1.54) is 0 Å². The zero-order valence-corrected chi connectivity index (χ0v) is 18.2. The normalized spacial score (nSPS) is 28.1. The van der Waals surface area contributed by atoms with E-state index in [4.69, 9.17) is 14.2 Å². The maximum absolute atomic E-state index is 13.0. The molecule has 1 unspecified atom stereocenters. The summed E-state index contributed by atoms with van der Waals surface area (Å²) in [5, 5.41) is 0. The zero-order chi connectivity index (χ0) is 21.4. The fourth-order valence-corrected chi connectivity index (χ4v) is 3.98. The molecule has 0 radical (unpaired) electrons. The maximum atomic E-state index is 13.0. The second-order valence-corrected chi connectivity index (χ2v) is 9.02. The van der Waals surface area contributed by atoms with Crippen LogP contribution in [-0.2, 0) is 25.5 Å². The van der Waals surface area contributed by atoms with Crippen molar-refractivity contribution in [1.82, 2.24) is 9.80 Å². The topological polar surface area (TPSA) is 68.1 Å². The van der Waals surface area contributed by atoms with Crippen molar-refractivity contribution in [2.75, 3.05) is 13.2 Å². The Hall–Kier alpha value is -2.12. The predicted octanol–water partition coefficient (Wildman–Crippen LogP) is 3.17.